The van der Waals surface area contributed by atoms with Gasteiger partial charge in [0.15, 0.2) is 0 Å². The van der Waals surface area contributed by atoms with Crippen molar-refractivity contribution in [2.24, 2.45) is 0 Å². The molecule has 1 unspecified atom stereocenters. The molecule has 0 fully saturated rings. The standard InChI is InChI=1S/C30H30N4O3S/c1-4-36-28(35)26-21(3)31-29-32-30(38-19-23-8-6-5-7-9-23)33-34(29)27(26)24-14-16-25(17-15-24)37-18-22-12-10-20(2)11-13-22/h5-17,27H,4,18-19H2,1-3H3,(H,31,32,33). The minimum absolute atomic E-state index is 0.288. The summed E-state index contributed by atoms with van der Waals surface area (Å²) in [4.78, 5) is 17.8. The zero-order valence-electron chi connectivity index (χ0n) is 21.7. The van der Waals surface area contributed by atoms with Gasteiger partial charge in [0.2, 0.25) is 11.1 Å². The van der Waals surface area contributed by atoms with Gasteiger partial charge < -0.3 is 14.8 Å². The first-order chi connectivity index (χ1) is 18.5. The highest BCUT2D eigenvalue weighted by molar-refractivity contribution is 7.98. The zero-order valence-corrected chi connectivity index (χ0v) is 22.5. The fourth-order valence-corrected chi connectivity index (χ4v) is 5.08. The summed E-state index contributed by atoms with van der Waals surface area (Å²) < 4.78 is 13.2. The first-order valence-electron chi connectivity index (χ1n) is 12.6. The van der Waals surface area contributed by atoms with Crippen LogP contribution in [0.5, 0.6) is 5.75 Å². The molecule has 0 radical (unpaired) electrons. The number of thioether (sulfide) groups is 1. The second kappa shape index (κ2) is 11.6. The van der Waals surface area contributed by atoms with Gasteiger partial charge in [0.25, 0.3) is 0 Å². The highest BCUT2D eigenvalue weighted by Gasteiger charge is 2.35. The molecule has 4 aromatic rings. The first-order valence-corrected chi connectivity index (χ1v) is 13.6. The highest BCUT2D eigenvalue weighted by Crippen LogP contribution is 2.37. The van der Waals surface area contributed by atoms with Crippen molar-refractivity contribution in [1.82, 2.24) is 14.8 Å². The second-order valence-corrected chi connectivity index (χ2v) is 10.0. The number of allylic oxidation sites excluding steroid dienone is 1. The van der Waals surface area contributed by atoms with E-state index in [1.54, 1.807) is 23.4 Å². The lowest BCUT2D eigenvalue weighted by Gasteiger charge is -2.28. The van der Waals surface area contributed by atoms with Crippen LogP contribution in [0.25, 0.3) is 0 Å². The second-order valence-electron chi connectivity index (χ2n) is 9.07. The summed E-state index contributed by atoms with van der Waals surface area (Å²) in [6.07, 6.45) is 0. The number of nitrogens with zero attached hydrogens (tertiary/aromatic N) is 3. The summed E-state index contributed by atoms with van der Waals surface area (Å²) in [5.41, 5.74) is 5.62. The van der Waals surface area contributed by atoms with Gasteiger partial charge in [-0.25, -0.2) is 9.48 Å². The number of hydrogen-bond acceptors (Lipinski definition) is 7. The van der Waals surface area contributed by atoms with Gasteiger partial charge in [0.1, 0.15) is 18.4 Å². The molecule has 8 heteroatoms. The summed E-state index contributed by atoms with van der Waals surface area (Å²) in [5, 5.41) is 8.68. The number of aryl methyl sites for hydroxylation is 1. The van der Waals surface area contributed by atoms with Crippen molar-refractivity contribution < 1.29 is 14.3 Å². The van der Waals surface area contributed by atoms with Crippen LogP contribution < -0.4 is 10.1 Å². The number of esters is 1. The van der Waals surface area contributed by atoms with Gasteiger partial charge in [-0.1, -0.05) is 84.1 Å². The molecule has 1 aromatic heterocycles. The van der Waals surface area contributed by atoms with Crippen molar-refractivity contribution in [3.8, 4) is 5.75 Å². The molecule has 194 valence electrons. The summed E-state index contributed by atoms with van der Waals surface area (Å²) in [6.45, 7) is 6.51. The van der Waals surface area contributed by atoms with Crippen molar-refractivity contribution >= 4 is 23.7 Å². The Hall–Kier alpha value is -4.04. The summed E-state index contributed by atoms with van der Waals surface area (Å²) in [6, 6.07) is 25.8. The van der Waals surface area contributed by atoms with Gasteiger partial charge in [0, 0.05) is 11.4 Å². The predicted octanol–water partition coefficient (Wildman–Crippen LogP) is 6.31. The van der Waals surface area contributed by atoms with E-state index in [-0.39, 0.29) is 12.6 Å². The van der Waals surface area contributed by atoms with Crippen LogP contribution in [0.2, 0.25) is 0 Å². The van der Waals surface area contributed by atoms with Crippen molar-refractivity contribution in [1.29, 1.82) is 0 Å². The van der Waals surface area contributed by atoms with Crippen LogP contribution in [0.15, 0.2) is 95.3 Å². The topological polar surface area (TPSA) is 78.3 Å². The Labute approximate surface area is 226 Å². The van der Waals surface area contributed by atoms with Crippen molar-refractivity contribution in [2.75, 3.05) is 11.9 Å². The Bertz CT molecular complexity index is 1430. The summed E-state index contributed by atoms with van der Waals surface area (Å²) >= 11 is 1.56. The lowest BCUT2D eigenvalue weighted by atomic mass is 9.96. The molecule has 0 saturated carbocycles. The molecule has 38 heavy (non-hydrogen) atoms. The quantitative estimate of drug-likeness (QED) is 0.202. The normalized spacial score (nSPS) is 14.6. The monoisotopic (exact) mass is 526 g/mol. The van der Waals surface area contributed by atoms with Gasteiger partial charge >= 0.3 is 5.97 Å². The maximum atomic E-state index is 13.1. The number of fused-ring (bicyclic) bond motifs is 1. The predicted molar refractivity (Wildman–Crippen MR) is 149 cm³/mol. The Morgan fingerprint density at radius 2 is 1.71 bits per heavy atom. The van der Waals surface area contributed by atoms with E-state index in [2.05, 4.69) is 48.6 Å². The van der Waals surface area contributed by atoms with Crippen LogP contribution in [0.3, 0.4) is 0 Å². The summed E-state index contributed by atoms with van der Waals surface area (Å²) in [7, 11) is 0. The van der Waals surface area contributed by atoms with Crippen LogP contribution in [-0.2, 0) is 21.9 Å². The van der Waals surface area contributed by atoms with Gasteiger partial charge in [0.05, 0.1) is 12.2 Å². The molecule has 1 N–H and O–H groups in total. The SMILES string of the molecule is CCOC(=O)C1=C(C)Nc2nc(SCc3ccccc3)nn2C1c1ccc(OCc2ccc(C)cc2)cc1. The molecule has 1 atom stereocenters. The van der Waals surface area contributed by atoms with Gasteiger partial charge in [-0.05, 0) is 49.6 Å². The molecule has 0 saturated heterocycles. The van der Waals surface area contributed by atoms with Crippen molar-refractivity contribution in [3.05, 3.63) is 112 Å². The molecule has 3 aromatic carbocycles. The van der Waals surface area contributed by atoms with E-state index in [9.17, 15) is 4.79 Å². The first kappa shape index (κ1) is 25.6. The van der Waals surface area contributed by atoms with E-state index in [1.807, 2.05) is 49.4 Å². The number of benzene rings is 3. The molecule has 7 nitrogen and oxygen atoms in total. The van der Waals surface area contributed by atoms with Crippen LogP contribution in [0, 0.1) is 6.92 Å². The lowest BCUT2D eigenvalue weighted by Crippen LogP contribution is -2.29. The molecular formula is C30H30N4O3S. The lowest BCUT2D eigenvalue weighted by molar-refractivity contribution is -0.139. The molecule has 0 bridgehead atoms. The fourth-order valence-electron chi connectivity index (χ4n) is 4.29. The molecule has 1 aliphatic heterocycles. The van der Waals surface area contributed by atoms with E-state index in [0.29, 0.717) is 29.0 Å². The number of carbonyl (C=O) groups excluding carboxylic acids is 1. The van der Waals surface area contributed by atoms with E-state index in [1.165, 1.54) is 11.1 Å². The third-order valence-electron chi connectivity index (χ3n) is 6.26. The minimum atomic E-state index is -0.477. The van der Waals surface area contributed by atoms with Crippen LogP contribution >= 0.6 is 11.8 Å². The van der Waals surface area contributed by atoms with E-state index >= 15 is 0 Å². The third kappa shape index (κ3) is 5.75. The van der Waals surface area contributed by atoms with Crippen LogP contribution in [0.1, 0.15) is 42.1 Å². The number of carbonyl (C=O) groups is 1. The molecule has 0 aliphatic carbocycles. The van der Waals surface area contributed by atoms with Crippen molar-refractivity contribution in [2.45, 2.75) is 44.3 Å². The molecule has 0 amide bonds. The molecule has 1 aliphatic rings. The average molecular weight is 527 g/mol. The number of ether oxygens (including phenoxy) is 2. The summed E-state index contributed by atoms with van der Waals surface area (Å²) in [5.74, 6) is 1.72. The Kier molecular flexibility index (Phi) is 7.79. The largest absolute Gasteiger partial charge is 0.489 e. The third-order valence-corrected chi connectivity index (χ3v) is 7.17. The zero-order chi connectivity index (χ0) is 26.5. The number of rotatable bonds is 9. The van der Waals surface area contributed by atoms with Crippen LogP contribution in [0.4, 0.5) is 5.95 Å². The van der Waals surface area contributed by atoms with Gasteiger partial charge in [-0.15, -0.1) is 5.10 Å². The molecule has 2 heterocycles. The minimum Gasteiger partial charge on any atom is -0.489 e. The van der Waals surface area contributed by atoms with E-state index in [0.717, 1.165) is 22.6 Å². The van der Waals surface area contributed by atoms with E-state index < -0.39 is 6.04 Å². The van der Waals surface area contributed by atoms with Gasteiger partial charge in [-0.3, -0.25) is 0 Å². The Morgan fingerprint density at radius 3 is 2.42 bits per heavy atom. The maximum absolute atomic E-state index is 13.1. The number of hydrogen-bond donors (Lipinski definition) is 1. The molecule has 0 spiro atoms. The molecule has 5 rings (SSSR count). The fraction of sp³-hybridized carbons (Fsp3) is 0.233. The Balaban J connectivity index is 1.40. The Morgan fingerprint density at radius 1 is 0.974 bits per heavy atom. The van der Waals surface area contributed by atoms with Gasteiger partial charge in [-0.2, -0.15) is 4.98 Å². The number of aromatic nitrogens is 3. The maximum Gasteiger partial charge on any atom is 0.338 e. The highest BCUT2D eigenvalue weighted by atomic mass is 32.2. The van der Waals surface area contributed by atoms with Crippen molar-refractivity contribution in [3.63, 3.8) is 0 Å². The number of nitrogens with one attached hydrogen (secondary N) is 1. The van der Waals surface area contributed by atoms with E-state index in [4.69, 9.17) is 19.6 Å². The average Bonchev–Trinajstić information content (AvgIpc) is 3.34. The van der Waals surface area contributed by atoms with Crippen LogP contribution in [-0.4, -0.2) is 27.3 Å². The number of anilines is 1. The smallest absolute Gasteiger partial charge is 0.338 e. The molecular weight excluding hydrogens is 496 g/mol.